The van der Waals surface area contributed by atoms with Gasteiger partial charge in [-0.2, -0.15) is 0 Å². The Hall–Kier alpha value is -1.22. The summed E-state index contributed by atoms with van der Waals surface area (Å²) in [5, 5.41) is 0. The first-order valence-electron chi connectivity index (χ1n) is 4.02. The number of halogens is 1. The third kappa shape index (κ3) is 2.63. The van der Waals surface area contributed by atoms with E-state index in [0.29, 0.717) is 6.61 Å². The van der Waals surface area contributed by atoms with Gasteiger partial charge in [0, 0.05) is 13.5 Å². The van der Waals surface area contributed by atoms with E-state index in [1.54, 1.807) is 12.1 Å². The van der Waals surface area contributed by atoms with Gasteiger partial charge in [-0.1, -0.05) is 12.1 Å². The third-order valence-electron chi connectivity index (χ3n) is 1.71. The summed E-state index contributed by atoms with van der Waals surface area (Å²) in [4.78, 5) is 11.3. The van der Waals surface area contributed by atoms with Crippen molar-refractivity contribution < 1.29 is 13.9 Å². The molecule has 13 heavy (non-hydrogen) atoms. The summed E-state index contributed by atoms with van der Waals surface area (Å²) in [6, 6.07) is 5.96. The van der Waals surface area contributed by atoms with Gasteiger partial charge >= 0.3 is 0 Å². The Bertz CT molecular complexity index is 297. The Labute approximate surface area is 76.3 Å². The van der Waals surface area contributed by atoms with Crippen molar-refractivity contribution in [1.82, 2.24) is 0 Å². The number of Topliss-reactive ketones (excluding diaryl/α,β-unsaturated/α-hetero) is 1. The SMILES string of the molecule is COCCC(=O)c1ccccc1F. The second-order valence-corrected chi connectivity index (χ2v) is 2.65. The summed E-state index contributed by atoms with van der Waals surface area (Å²) in [5.41, 5.74) is 0.138. The van der Waals surface area contributed by atoms with Crippen molar-refractivity contribution in [3.05, 3.63) is 35.6 Å². The van der Waals surface area contributed by atoms with Crippen LogP contribution < -0.4 is 0 Å². The van der Waals surface area contributed by atoms with E-state index in [2.05, 4.69) is 0 Å². The number of methoxy groups -OCH3 is 1. The molecule has 1 aromatic carbocycles. The number of ether oxygens (including phenoxy) is 1. The average Bonchev–Trinajstić information content (AvgIpc) is 2.15. The second kappa shape index (κ2) is 4.72. The molecule has 1 aromatic rings. The zero-order valence-electron chi connectivity index (χ0n) is 7.42. The Morgan fingerprint density at radius 1 is 1.46 bits per heavy atom. The maximum Gasteiger partial charge on any atom is 0.168 e. The molecule has 0 radical (unpaired) electrons. The van der Waals surface area contributed by atoms with Gasteiger partial charge in [0.05, 0.1) is 12.2 Å². The van der Waals surface area contributed by atoms with Crippen molar-refractivity contribution in [1.29, 1.82) is 0 Å². The number of hydrogen-bond donors (Lipinski definition) is 0. The highest BCUT2D eigenvalue weighted by atomic mass is 19.1. The van der Waals surface area contributed by atoms with E-state index in [1.165, 1.54) is 19.2 Å². The smallest absolute Gasteiger partial charge is 0.168 e. The molecule has 0 aromatic heterocycles. The molecular weight excluding hydrogens is 171 g/mol. The molecule has 0 spiro atoms. The van der Waals surface area contributed by atoms with E-state index in [1.807, 2.05) is 0 Å². The first-order valence-corrected chi connectivity index (χ1v) is 4.02. The fourth-order valence-corrected chi connectivity index (χ4v) is 1.02. The van der Waals surface area contributed by atoms with Gasteiger partial charge in [0.1, 0.15) is 5.82 Å². The molecule has 0 aliphatic heterocycles. The highest BCUT2D eigenvalue weighted by Crippen LogP contribution is 2.08. The van der Waals surface area contributed by atoms with Gasteiger partial charge < -0.3 is 4.74 Å². The monoisotopic (exact) mass is 182 g/mol. The highest BCUT2D eigenvalue weighted by Gasteiger charge is 2.09. The molecule has 3 heteroatoms. The molecule has 0 bridgehead atoms. The predicted molar refractivity (Wildman–Crippen MR) is 47.2 cm³/mol. The van der Waals surface area contributed by atoms with Gasteiger partial charge in [0.15, 0.2) is 5.78 Å². The van der Waals surface area contributed by atoms with Gasteiger partial charge in [0.25, 0.3) is 0 Å². The van der Waals surface area contributed by atoms with Gasteiger partial charge in [0.2, 0.25) is 0 Å². The van der Waals surface area contributed by atoms with Gasteiger partial charge in [-0.3, -0.25) is 4.79 Å². The van der Waals surface area contributed by atoms with Crippen LogP contribution in [0.3, 0.4) is 0 Å². The molecule has 0 aliphatic rings. The average molecular weight is 182 g/mol. The zero-order chi connectivity index (χ0) is 9.68. The fourth-order valence-electron chi connectivity index (χ4n) is 1.02. The molecule has 0 saturated heterocycles. The van der Waals surface area contributed by atoms with Crippen molar-refractivity contribution in [2.45, 2.75) is 6.42 Å². The molecule has 0 atom stereocenters. The quantitative estimate of drug-likeness (QED) is 0.666. The predicted octanol–water partition coefficient (Wildman–Crippen LogP) is 2.04. The molecule has 0 unspecified atom stereocenters. The number of carbonyl (C=O) groups excluding carboxylic acids is 1. The van der Waals surface area contributed by atoms with Crippen molar-refractivity contribution in [2.24, 2.45) is 0 Å². The lowest BCUT2D eigenvalue weighted by atomic mass is 10.1. The largest absolute Gasteiger partial charge is 0.384 e. The van der Waals surface area contributed by atoms with Crippen LogP contribution in [0.4, 0.5) is 4.39 Å². The van der Waals surface area contributed by atoms with Crippen LogP contribution in [0.5, 0.6) is 0 Å². The highest BCUT2D eigenvalue weighted by molar-refractivity contribution is 5.96. The molecular formula is C10H11FO2. The Balaban J connectivity index is 2.71. The summed E-state index contributed by atoms with van der Waals surface area (Å²) < 4.78 is 17.7. The Kier molecular flexibility index (Phi) is 3.58. The molecule has 0 heterocycles. The molecule has 70 valence electrons. The standard InChI is InChI=1S/C10H11FO2/c1-13-7-6-10(12)8-4-2-3-5-9(8)11/h2-5H,6-7H2,1H3. The van der Waals surface area contributed by atoms with Crippen LogP contribution in [0.1, 0.15) is 16.8 Å². The van der Waals surface area contributed by atoms with E-state index in [9.17, 15) is 9.18 Å². The van der Waals surface area contributed by atoms with Crippen molar-refractivity contribution >= 4 is 5.78 Å². The van der Waals surface area contributed by atoms with Gasteiger partial charge in [-0.05, 0) is 12.1 Å². The van der Waals surface area contributed by atoms with E-state index < -0.39 is 5.82 Å². The van der Waals surface area contributed by atoms with Gasteiger partial charge in [-0.15, -0.1) is 0 Å². The number of carbonyl (C=O) groups is 1. The summed E-state index contributed by atoms with van der Waals surface area (Å²) in [6.07, 6.45) is 0.220. The number of rotatable bonds is 4. The number of benzene rings is 1. The van der Waals surface area contributed by atoms with Crippen LogP contribution in [0.2, 0.25) is 0 Å². The minimum absolute atomic E-state index is 0.138. The van der Waals surface area contributed by atoms with E-state index in [-0.39, 0.29) is 17.8 Å². The molecule has 0 fully saturated rings. The molecule has 0 aliphatic carbocycles. The zero-order valence-corrected chi connectivity index (χ0v) is 7.42. The summed E-state index contributed by atoms with van der Waals surface area (Å²) in [6.45, 7) is 0.327. The van der Waals surface area contributed by atoms with Crippen LogP contribution in [0, 0.1) is 5.82 Å². The van der Waals surface area contributed by atoms with Crippen molar-refractivity contribution in [3.8, 4) is 0 Å². The Morgan fingerprint density at radius 3 is 2.77 bits per heavy atom. The number of ketones is 1. The molecule has 0 saturated carbocycles. The topological polar surface area (TPSA) is 26.3 Å². The van der Waals surface area contributed by atoms with Crippen LogP contribution in [0.15, 0.2) is 24.3 Å². The molecule has 2 nitrogen and oxygen atoms in total. The molecule has 0 amide bonds. The minimum atomic E-state index is -0.469. The van der Waals surface area contributed by atoms with E-state index in [4.69, 9.17) is 4.74 Å². The van der Waals surface area contributed by atoms with Crippen LogP contribution >= 0.6 is 0 Å². The normalized spacial score (nSPS) is 10.0. The van der Waals surface area contributed by atoms with E-state index in [0.717, 1.165) is 0 Å². The summed E-state index contributed by atoms with van der Waals surface area (Å²) >= 11 is 0. The number of hydrogen-bond acceptors (Lipinski definition) is 2. The lowest BCUT2D eigenvalue weighted by molar-refractivity contribution is 0.0928. The molecule has 1 rings (SSSR count). The lowest BCUT2D eigenvalue weighted by Crippen LogP contribution is -2.05. The lowest BCUT2D eigenvalue weighted by Gasteiger charge is -2.00. The maximum absolute atomic E-state index is 13.0. The third-order valence-corrected chi connectivity index (χ3v) is 1.71. The maximum atomic E-state index is 13.0. The van der Waals surface area contributed by atoms with Crippen LogP contribution in [0.25, 0.3) is 0 Å². The van der Waals surface area contributed by atoms with Crippen molar-refractivity contribution in [3.63, 3.8) is 0 Å². The first kappa shape index (κ1) is 9.86. The fraction of sp³-hybridized carbons (Fsp3) is 0.300. The van der Waals surface area contributed by atoms with Gasteiger partial charge in [-0.25, -0.2) is 4.39 Å². The molecule has 0 N–H and O–H groups in total. The summed E-state index contributed by atoms with van der Waals surface area (Å²) in [5.74, 6) is -0.691. The van der Waals surface area contributed by atoms with Crippen LogP contribution in [-0.2, 0) is 4.74 Å². The summed E-state index contributed by atoms with van der Waals surface area (Å²) in [7, 11) is 1.51. The first-order chi connectivity index (χ1) is 6.25. The van der Waals surface area contributed by atoms with Crippen molar-refractivity contribution in [2.75, 3.05) is 13.7 Å². The van der Waals surface area contributed by atoms with E-state index >= 15 is 0 Å². The Morgan fingerprint density at radius 2 is 2.15 bits per heavy atom. The minimum Gasteiger partial charge on any atom is -0.384 e. The van der Waals surface area contributed by atoms with Crippen LogP contribution in [-0.4, -0.2) is 19.5 Å². The second-order valence-electron chi connectivity index (χ2n) is 2.65.